The Balaban J connectivity index is 1.75. The van der Waals surface area contributed by atoms with Crippen LogP contribution in [0, 0.1) is 0 Å². The molecule has 5 nitrogen and oxygen atoms in total. The van der Waals surface area contributed by atoms with Crippen LogP contribution in [-0.2, 0) is 4.79 Å². The third kappa shape index (κ3) is 3.57. The molecule has 2 rings (SSSR count). The average molecular weight is 250 g/mol. The molecule has 1 aromatic rings. The maximum atomic E-state index is 11.8. The van der Waals surface area contributed by atoms with E-state index in [1.165, 1.54) is 25.7 Å². The molecule has 1 unspecified atom stereocenters. The topological polar surface area (TPSA) is 69.8 Å². The van der Waals surface area contributed by atoms with E-state index in [-0.39, 0.29) is 11.9 Å². The number of aromatic amines is 1. The molecule has 5 heteroatoms. The second-order valence-corrected chi connectivity index (χ2v) is 4.87. The first-order chi connectivity index (χ1) is 8.79. The first kappa shape index (κ1) is 13.1. The highest BCUT2D eigenvalue weighted by atomic mass is 16.2. The lowest BCUT2D eigenvalue weighted by atomic mass is 10.2. The number of amides is 1. The number of aromatic nitrogens is 2. The molecule has 1 saturated carbocycles. The van der Waals surface area contributed by atoms with Gasteiger partial charge in [-0.15, -0.1) is 0 Å². The predicted octanol–water partition coefficient (Wildman–Crippen LogP) is 1.51. The number of rotatable bonds is 6. The smallest absolute Gasteiger partial charge is 0.234 e. The number of hydrogen-bond acceptors (Lipinski definition) is 3. The highest BCUT2D eigenvalue weighted by Gasteiger charge is 2.17. The standard InChI is InChI=1S/C13H22N4O/c1-2-11(13-14-7-8-15-13)17-12(18)9-16-10-5-3-4-6-10/h7-8,10-11,16H,2-6,9H2,1H3,(H,14,15)(H,17,18). The lowest BCUT2D eigenvalue weighted by Gasteiger charge is -2.16. The summed E-state index contributed by atoms with van der Waals surface area (Å²) in [6.45, 7) is 2.44. The molecule has 0 aromatic carbocycles. The van der Waals surface area contributed by atoms with Crippen molar-refractivity contribution in [3.8, 4) is 0 Å². The third-order valence-corrected chi connectivity index (χ3v) is 3.50. The van der Waals surface area contributed by atoms with E-state index in [0.29, 0.717) is 12.6 Å². The van der Waals surface area contributed by atoms with Crippen LogP contribution in [0.15, 0.2) is 12.4 Å². The summed E-state index contributed by atoms with van der Waals surface area (Å²) < 4.78 is 0. The Kier molecular flexibility index (Phi) is 4.75. The Hall–Kier alpha value is -1.36. The van der Waals surface area contributed by atoms with Crippen LogP contribution in [0.3, 0.4) is 0 Å². The summed E-state index contributed by atoms with van der Waals surface area (Å²) in [6.07, 6.45) is 9.28. The maximum Gasteiger partial charge on any atom is 0.234 e. The van der Waals surface area contributed by atoms with Gasteiger partial charge in [0.2, 0.25) is 5.91 Å². The van der Waals surface area contributed by atoms with Crippen molar-refractivity contribution < 1.29 is 4.79 Å². The average Bonchev–Trinajstić information content (AvgIpc) is 3.05. The fraction of sp³-hybridized carbons (Fsp3) is 0.692. The number of hydrogen-bond donors (Lipinski definition) is 3. The molecule has 1 aromatic heterocycles. The zero-order chi connectivity index (χ0) is 12.8. The Morgan fingerprint density at radius 2 is 2.33 bits per heavy atom. The van der Waals surface area contributed by atoms with Gasteiger partial charge in [0.25, 0.3) is 0 Å². The molecule has 1 heterocycles. The lowest BCUT2D eigenvalue weighted by molar-refractivity contribution is -0.121. The number of carbonyl (C=O) groups is 1. The molecular weight excluding hydrogens is 228 g/mol. The van der Waals surface area contributed by atoms with Gasteiger partial charge in [-0.25, -0.2) is 4.98 Å². The minimum absolute atomic E-state index is 0.0159. The number of nitrogens with one attached hydrogen (secondary N) is 3. The molecular formula is C13H22N4O. The van der Waals surface area contributed by atoms with Crippen molar-refractivity contribution in [3.63, 3.8) is 0 Å². The summed E-state index contributed by atoms with van der Waals surface area (Å²) in [6, 6.07) is 0.511. The fourth-order valence-corrected chi connectivity index (χ4v) is 2.44. The van der Waals surface area contributed by atoms with Gasteiger partial charge in [0.05, 0.1) is 12.6 Å². The van der Waals surface area contributed by atoms with Crippen molar-refractivity contribution in [3.05, 3.63) is 18.2 Å². The molecule has 1 aliphatic carbocycles. The molecule has 18 heavy (non-hydrogen) atoms. The van der Waals surface area contributed by atoms with E-state index < -0.39 is 0 Å². The molecule has 1 aliphatic rings. The van der Waals surface area contributed by atoms with Crippen molar-refractivity contribution >= 4 is 5.91 Å². The second-order valence-electron chi connectivity index (χ2n) is 4.87. The highest BCUT2D eigenvalue weighted by molar-refractivity contribution is 5.78. The molecule has 1 amide bonds. The van der Waals surface area contributed by atoms with Gasteiger partial charge in [-0.1, -0.05) is 19.8 Å². The number of nitrogens with zero attached hydrogens (tertiary/aromatic N) is 1. The summed E-state index contributed by atoms with van der Waals surface area (Å²) in [7, 11) is 0. The molecule has 1 fully saturated rings. The van der Waals surface area contributed by atoms with Gasteiger partial charge in [0.15, 0.2) is 0 Å². The van der Waals surface area contributed by atoms with Crippen LogP contribution in [-0.4, -0.2) is 28.5 Å². The Morgan fingerprint density at radius 1 is 1.56 bits per heavy atom. The van der Waals surface area contributed by atoms with Crippen molar-refractivity contribution in [2.24, 2.45) is 0 Å². The van der Waals surface area contributed by atoms with E-state index in [9.17, 15) is 4.79 Å². The first-order valence-electron chi connectivity index (χ1n) is 6.81. The second kappa shape index (κ2) is 6.54. The molecule has 1 atom stereocenters. The molecule has 0 radical (unpaired) electrons. The SMILES string of the molecule is CCC(NC(=O)CNC1CCCC1)c1ncc[nH]1. The minimum atomic E-state index is -0.0159. The van der Waals surface area contributed by atoms with Gasteiger partial charge in [0.1, 0.15) is 5.82 Å². The fourth-order valence-electron chi connectivity index (χ4n) is 2.44. The van der Waals surface area contributed by atoms with E-state index in [0.717, 1.165) is 12.2 Å². The van der Waals surface area contributed by atoms with Crippen molar-refractivity contribution in [2.75, 3.05) is 6.54 Å². The maximum absolute atomic E-state index is 11.8. The van der Waals surface area contributed by atoms with Gasteiger partial charge >= 0.3 is 0 Å². The van der Waals surface area contributed by atoms with Crippen LogP contribution in [0.2, 0.25) is 0 Å². The Labute approximate surface area is 108 Å². The van der Waals surface area contributed by atoms with Crippen LogP contribution in [0.25, 0.3) is 0 Å². The number of H-pyrrole nitrogens is 1. The van der Waals surface area contributed by atoms with Crippen molar-refractivity contribution in [1.82, 2.24) is 20.6 Å². The third-order valence-electron chi connectivity index (χ3n) is 3.50. The molecule has 0 aliphatic heterocycles. The van der Waals surface area contributed by atoms with Gasteiger partial charge in [-0.2, -0.15) is 0 Å². The zero-order valence-electron chi connectivity index (χ0n) is 10.9. The molecule has 0 spiro atoms. The van der Waals surface area contributed by atoms with Gasteiger partial charge in [-0.05, 0) is 19.3 Å². The monoisotopic (exact) mass is 250 g/mol. The largest absolute Gasteiger partial charge is 0.347 e. The molecule has 0 saturated heterocycles. The van der Waals surface area contributed by atoms with E-state index in [1.807, 2.05) is 6.92 Å². The van der Waals surface area contributed by atoms with Gasteiger partial charge in [-0.3, -0.25) is 4.79 Å². The van der Waals surface area contributed by atoms with Gasteiger partial charge in [0, 0.05) is 18.4 Å². The molecule has 100 valence electrons. The van der Waals surface area contributed by atoms with E-state index >= 15 is 0 Å². The van der Waals surface area contributed by atoms with Crippen LogP contribution in [0.5, 0.6) is 0 Å². The van der Waals surface area contributed by atoms with Crippen LogP contribution in [0.1, 0.15) is 50.9 Å². The zero-order valence-corrected chi connectivity index (χ0v) is 10.9. The quantitative estimate of drug-likeness (QED) is 0.716. The summed E-state index contributed by atoms with van der Waals surface area (Å²) in [5.41, 5.74) is 0. The Bertz CT molecular complexity index is 357. The van der Waals surface area contributed by atoms with Gasteiger partial charge < -0.3 is 15.6 Å². The van der Waals surface area contributed by atoms with Crippen LogP contribution < -0.4 is 10.6 Å². The van der Waals surface area contributed by atoms with Crippen molar-refractivity contribution in [1.29, 1.82) is 0 Å². The summed E-state index contributed by atoms with van der Waals surface area (Å²) in [5.74, 6) is 0.872. The summed E-state index contributed by atoms with van der Waals surface area (Å²) >= 11 is 0. The lowest BCUT2D eigenvalue weighted by Crippen LogP contribution is -2.39. The first-order valence-corrected chi connectivity index (χ1v) is 6.81. The van der Waals surface area contributed by atoms with Crippen LogP contribution >= 0.6 is 0 Å². The molecule has 3 N–H and O–H groups in total. The molecule has 0 bridgehead atoms. The van der Waals surface area contributed by atoms with Crippen molar-refractivity contribution in [2.45, 2.75) is 51.1 Å². The van der Waals surface area contributed by atoms with Crippen LogP contribution in [0.4, 0.5) is 0 Å². The minimum Gasteiger partial charge on any atom is -0.347 e. The number of carbonyl (C=O) groups excluding carboxylic acids is 1. The summed E-state index contributed by atoms with van der Waals surface area (Å²) in [4.78, 5) is 19.1. The van der Waals surface area contributed by atoms with E-state index in [4.69, 9.17) is 0 Å². The Morgan fingerprint density at radius 3 is 2.94 bits per heavy atom. The van der Waals surface area contributed by atoms with E-state index in [2.05, 4.69) is 20.6 Å². The summed E-state index contributed by atoms with van der Waals surface area (Å²) in [5, 5.41) is 6.31. The normalized spacial score (nSPS) is 17.8. The highest BCUT2D eigenvalue weighted by Crippen LogP contribution is 2.17. The van der Waals surface area contributed by atoms with E-state index in [1.54, 1.807) is 12.4 Å². The number of imidazole rings is 1. The predicted molar refractivity (Wildman–Crippen MR) is 70.0 cm³/mol.